The molecule has 0 radical (unpaired) electrons. The van der Waals surface area contributed by atoms with Crippen LogP contribution < -0.4 is 15.9 Å². The Morgan fingerprint density at radius 1 is 1.03 bits per heavy atom. The van der Waals surface area contributed by atoms with Gasteiger partial charge in [-0.05, 0) is 55.2 Å². The number of hydrogen-bond acceptors (Lipinski definition) is 5. The molecular weight excluding hydrogens is 410 g/mol. The molecule has 0 bridgehead atoms. The maximum Gasteiger partial charge on any atom is 0.328 e. The molecule has 0 aliphatic carbocycles. The number of aromatic nitrogens is 2. The van der Waals surface area contributed by atoms with Crippen LogP contribution in [0.1, 0.15) is 24.8 Å². The lowest BCUT2D eigenvalue weighted by atomic mass is 10.1. The molecule has 1 aliphatic rings. The zero-order valence-electron chi connectivity index (χ0n) is 18.1. The van der Waals surface area contributed by atoms with Gasteiger partial charge < -0.3 is 10.2 Å². The fourth-order valence-electron chi connectivity index (χ4n) is 4.08. The van der Waals surface area contributed by atoms with Crippen LogP contribution in [0.3, 0.4) is 0 Å². The van der Waals surface area contributed by atoms with Gasteiger partial charge in [0, 0.05) is 45.4 Å². The minimum atomic E-state index is -0.463. The summed E-state index contributed by atoms with van der Waals surface area (Å²) in [7, 11) is 3.46. The molecular formula is C23H25N5O4. The highest BCUT2D eigenvalue weighted by molar-refractivity contribution is 6.05. The molecule has 0 unspecified atom stereocenters. The van der Waals surface area contributed by atoms with Gasteiger partial charge >= 0.3 is 5.69 Å². The number of imidazole rings is 1. The van der Waals surface area contributed by atoms with Crippen LogP contribution in [0.15, 0.2) is 47.3 Å². The zero-order chi connectivity index (χ0) is 22.8. The van der Waals surface area contributed by atoms with Crippen molar-refractivity contribution in [3.63, 3.8) is 0 Å². The van der Waals surface area contributed by atoms with E-state index < -0.39 is 4.92 Å². The average Bonchev–Trinajstić information content (AvgIpc) is 3.01. The molecule has 1 fully saturated rings. The van der Waals surface area contributed by atoms with Crippen LogP contribution in [-0.2, 0) is 18.9 Å². The number of piperidine rings is 1. The number of amides is 1. The maximum atomic E-state index is 12.7. The molecule has 9 nitrogen and oxygen atoms in total. The molecule has 1 saturated heterocycles. The van der Waals surface area contributed by atoms with Crippen molar-refractivity contribution < 1.29 is 9.72 Å². The van der Waals surface area contributed by atoms with E-state index in [-0.39, 0.29) is 17.3 Å². The highest BCUT2D eigenvalue weighted by atomic mass is 16.6. The van der Waals surface area contributed by atoms with E-state index in [9.17, 15) is 19.7 Å². The number of anilines is 2. The lowest BCUT2D eigenvalue weighted by molar-refractivity contribution is -0.384. The SMILES string of the molecule is Cn1c(=O)n(C)c2cc(N3CCCCC3)c(NC(=O)/C=C/c3ccc([N+](=O)[O-])cc3)cc21. The molecule has 0 spiro atoms. The molecule has 1 N–H and O–H groups in total. The van der Waals surface area contributed by atoms with Crippen LogP contribution in [0.4, 0.5) is 17.1 Å². The fraction of sp³-hybridized carbons (Fsp3) is 0.304. The summed E-state index contributed by atoms with van der Waals surface area (Å²) in [5.41, 5.74) is 3.67. The van der Waals surface area contributed by atoms with E-state index in [4.69, 9.17) is 0 Å². The van der Waals surface area contributed by atoms with Crippen LogP contribution >= 0.6 is 0 Å². The van der Waals surface area contributed by atoms with Crippen molar-refractivity contribution in [2.45, 2.75) is 19.3 Å². The second kappa shape index (κ2) is 8.70. The third-order valence-electron chi connectivity index (χ3n) is 5.88. The van der Waals surface area contributed by atoms with E-state index in [2.05, 4.69) is 10.2 Å². The zero-order valence-corrected chi connectivity index (χ0v) is 18.1. The monoisotopic (exact) mass is 435 g/mol. The first-order valence-electron chi connectivity index (χ1n) is 10.5. The van der Waals surface area contributed by atoms with E-state index in [0.29, 0.717) is 11.3 Å². The van der Waals surface area contributed by atoms with E-state index in [1.807, 2.05) is 12.1 Å². The van der Waals surface area contributed by atoms with Crippen molar-refractivity contribution in [1.82, 2.24) is 9.13 Å². The van der Waals surface area contributed by atoms with E-state index in [0.717, 1.165) is 42.7 Å². The number of nitrogens with zero attached hydrogens (tertiary/aromatic N) is 4. The summed E-state index contributed by atoms with van der Waals surface area (Å²) in [6.07, 6.45) is 6.35. The molecule has 0 saturated carbocycles. The number of carbonyl (C=O) groups excluding carboxylic acids is 1. The largest absolute Gasteiger partial charge is 0.370 e. The molecule has 166 valence electrons. The molecule has 1 amide bonds. The van der Waals surface area contributed by atoms with Crippen molar-refractivity contribution in [3.05, 3.63) is 68.6 Å². The van der Waals surface area contributed by atoms with Crippen LogP contribution in [0.25, 0.3) is 17.1 Å². The average molecular weight is 435 g/mol. The summed E-state index contributed by atoms with van der Waals surface area (Å²) in [6, 6.07) is 9.79. The van der Waals surface area contributed by atoms with Gasteiger partial charge in [0.2, 0.25) is 5.91 Å². The van der Waals surface area contributed by atoms with Crippen LogP contribution in [0.2, 0.25) is 0 Å². The van der Waals surface area contributed by atoms with Crippen molar-refractivity contribution in [1.29, 1.82) is 0 Å². The van der Waals surface area contributed by atoms with Gasteiger partial charge in [-0.1, -0.05) is 0 Å². The second-order valence-corrected chi connectivity index (χ2v) is 7.98. The Bertz CT molecular complexity index is 1260. The Morgan fingerprint density at radius 3 is 2.28 bits per heavy atom. The molecule has 9 heteroatoms. The summed E-state index contributed by atoms with van der Waals surface area (Å²) in [5.74, 6) is -0.318. The first-order chi connectivity index (χ1) is 15.3. The predicted molar refractivity (Wildman–Crippen MR) is 125 cm³/mol. The van der Waals surface area contributed by atoms with Gasteiger partial charge in [-0.3, -0.25) is 24.0 Å². The van der Waals surface area contributed by atoms with Crippen molar-refractivity contribution in [2.75, 3.05) is 23.3 Å². The molecule has 2 aromatic carbocycles. The third-order valence-corrected chi connectivity index (χ3v) is 5.88. The van der Waals surface area contributed by atoms with Gasteiger partial charge in [-0.25, -0.2) is 4.79 Å². The number of nitrogens with one attached hydrogen (secondary N) is 1. The van der Waals surface area contributed by atoms with Crippen LogP contribution in [-0.4, -0.2) is 33.1 Å². The number of nitro benzene ring substituents is 1. The first kappa shape index (κ1) is 21.4. The Hall–Kier alpha value is -3.88. The Balaban J connectivity index is 1.64. The number of aryl methyl sites for hydroxylation is 2. The quantitative estimate of drug-likeness (QED) is 0.376. The highest BCUT2D eigenvalue weighted by Gasteiger charge is 2.19. The third kappa shape index (κ3) is 4.14. The molecule has 0 atom stereocenters. The molecule has 3 aromatic rings. The molecule has 4 rings (SSSR count). The Morgan fingerprint density at radius 2 is 1.66 bits per heavy atom. The number of carbonyl (C=O) groups is 1. The first-order valence-corrected chi connectivity index (χ1v) is 10.5. The Kier molecular flexibility index (Phi) is 5.81. The van der Waals surface area contributed by atoms with Crippen molar-refractivity contribution in [2.24, 2.45) is 14.1 Å². The summed E-state index contributed by atoms with van der Waals surface area (Å²) in [4.78, 5) is 37.7. The highest BCUT2D eigenvalue weighted by Crippen LogP contribution is 2.33. The minimum Gasteiger partial charge on any atom is -0.370 e. The summed E-state index contributed by atoms with van der Waals surface area (Å²) in [6.45, 7) is 1.79. The number of non-ortho nitro benzene ring substituents is 1. The number of hydrogen-bond donors (Lipinski definition) is 1. The second-order valence-electron chi connectivity index (χ2n) is 7.98. The van der Waals surface area contributed by atoms with Crippen molar-refractivity contribution >= 4 is 40.1 Å². The predicted octanol–water partition coefficient (Wildman–Crippen LogP) is 3.43. The fourth-order valence-corrected chi connectivity index (χ4v) is 4.08. The normalized spacial score (nSPS) is 14.2. The van der Waals surface area contributed by atoms with Crippen LogP contribution in [0, 0.1) is 10.1 Å². The van der Waals surface area contributed by atoms with Gasteiger partial charge in [-0.2, -0.15) is 0 Å². The molecule has 1 aromatic heterocycles. The van der Waals surface area contributed by atoms with E-state index in [1.54, 1.807) is 41.4 Å². The van der Waals surface area contributed by atoms with E-state index >= 15 is 0 Å². The topological polar surface area (TPSA) is 102 Å². The maximum absolute atomic E-state index is 12.7. The number of benzene rings is 2. The number of nitro groups is 1. The van der Waals surface area contributed by atoms with Gasteiger partial charge in [0.1, 0.15) is 0 Å². The smallest absolute Gasteiger partial charge is 0.328 e. The standard InChI is InChI=1S/C23H25N5O4/c1-25-20-14-18(24-22(29)11-8-16-6-9-17(10-7-16)28(31)32)19(27-12-4-3-5-13-27)15-21(20)26(2)23(25)30/h6-11,14-15H,3-5,12-13H2,1-2H3,(H,24,29)/b11-8+. The van der Waals surface area contributed by atoms with Gasteiger partial charge in [-0.15, -0.1) is 0 Å². The Labute approximate surface area is 184 Å². The van der Waals surface area contributed by atoms with E-state index in [1.165, 1.54) is 24.6 Å². The van der Waals surface area contributed by atoms with Gasteiger partial charge in [0.15, 0.2) is 0 Å². The lowest BCUT2D eigenvalue weighted by Crippen LogP contribution is -2.30. The molecule has 1 aliphatic heterocycles. The summed E-state index contributed by atoms with van der Waals surface area (Å²) >= 11 is 0. The van der Waals surface area contributed by atoms with Crippen LogP contribution in [0.5, 0.6) is 0 Å². The summed E-state index contributed by atoms with van der Waals surface area (Å²) < 4.78 is 3.18. The number of rotatable bonds is 5. The van der Waals surface area contributed by atoms with Crippen molar-refractivity contribution in [3.8, 4) is 0 Å². The molecule has 32 heavy (non-hydrogen) atoms. The van der Waals surface area contributed by atoms with Gasteiger partial charge in [0.05, 0.1) is 27.3 Å². The lowest BCUT2D eigenvalue weighted by Gasteiger charge is -2.30. The molecule has 2 heterocycles. The number of fused-ring (bicyclic) bond motifs is 1. The van der Waals surface area contributed by atoms with Gasteiger partial charge in [0.25, 0.3) is 5.69 Å². The summed E-state index contributed by atoms with van der Waals surface area (Å²) in [5, 5.41) is 13.7. The minimum absolute atomic E-state index is 0.000416.